The number of hydrogen-bond donors (Lipinski definition) is 2. The molecule has 0 bridgehead atoms. The molecule has 0 aromatic heterocycles. The van der Waals surface area contributed by atoms with Gasteiger partial charge in [0.1, 0.15) is 0 Å². The molecule has 0 unspecified atom stereocenters. The molecule has 0 aliphatic rings. The number of hydrazine groups is 1. The molecule has 5 nitrogen and oxygen atoms in total. The molecule has 0 saturated heterocycles. The van der Waals surface area contributed by atoms with Crippen molar-refractivity contribution in [3.63, 3.8) is 0 Å². The molecular formula is C11H19N3O2. The van der Waals surface area contributed by atoms with Gasteiger partial charge in [-0.15, -0.1) is 0 Å². The van der Waals surface area contributed by atoms with Crippen LogP contribution in [0.1, 0.15) is 5.56 Å². The fourth-order valence-corrected chi connectivity index (χ4v) is 1.60. The van der Waals surface area contributed by atoms with Crippen molar-refractivity contribution in [2.45, 2.75) is 6.92 Å². The molecule has 5 heteroatoms. The van der Waals surface area contributed by atoms with Crippen molar-refractivity contribution in [2.75, 3.05) is 32.8 Å². The highest BCUT2D eigenvalue weighted by atomic mass is 16.5. The number of ether oxygens (including phenoxy) is 2. The minimum atomic E-state index is 0.566. The Labute approximate surface area is 96.1 Å². The van der Waals surface area contributed by atoms with Crippen LogP contribution in [0.4, 0.5) is 5.69 Å². The molecule has 1 aromatic carbocycles. The van der Waals surface area contributed by atoms with Crippen LogP contribution in [0.3, 0.4) is 0 Å². The molecule has 0 amide bonds. The first kappa shape index (κ1) is 12.6. The average molecular weight is 225 g/mol. The normalized spacial score (nSPS) is 10.1. The van der Waals surface area contributed by atoms with Crippen LogP contribution in [0.15, 0.2) is 12.1 Å². The third-order valence-electron chi connectivity index (χ3n) is 2.44. The molecule has 16 heavy (non-hydrogen) atoms. The summed E-state index contributed by atoms with van der Waals surface area (Å²) in [5, 5.41) is 0. The number of nitrogens with one attached hydrogen (secondary N) is 1. The molecule has 1 aromatic rings. The summed E-state index contributed by atoms with van der Waals surface area (Å²) in [4.78, 5) is 2.00. The molecule has 0 radical (unpaired) electrons. The Hall–Kier alpha value is -1.46. The minimum absolute atomic E-state index is 0.566. The number of methoxy groups -OCH3 is 2. The summed E-state index contributed by atoms with van der Waals surface area (Å²) in [5.74, 6) is 6.74. The summed E-state index contributed by atoms with van der Waals surface area (Å²) in [6.45, 7) is 2.58. The van der Waals surface area contributed by atoms with Crippen LogP contribution in [-0.4, -0.2) is 27.9 Å². The Morgan fingerprint density at radius 3 is 2.31 bits per heavy atom. The lowest BCUT2D eigenvalue weighted by Crippen LogP contribution is -2.35. The Kier molecular flexibility index (Phi) is 4.39. The van der Waals surface area contributed by atoms with Gasteiger partial charge in [0.15, 0.2) is 11.5 Å². The number of benzene rings is 1. The van der Waals surface area contributed by atoms with Crippen molar-refractivity contribution < 1.29 is 9.47 Å². The van der Waals surface area contributed by atoms with Crippen LogP contribution in [0.5, 0.6) is 11.5 Å². The molecule has 0 aliphatic carbocycles. The first-order valence-corrected chi connectivity index (χ1v) is 5.01. The monoisotopic (exact) mass is 225 g/mol. The fraction of sp³-hybridized carbons (Fsp3) is 0.455. The lowest BCUT2D eigenvalue weighted by Gasteiger charge is -2.22. The smallest absolute Gasteiger partial charge is 0.162 e. The largest absolute Gasteiger partial charge is 0.493 e. The molecule has 3 N–H and O–H groups in total. The third kappa shape index (κ3) is 2.56. The first-order valence-electron chi connectivity index (χ1n) is 5.01. The van der Waals surface area contributed by atoms with Gasteiger partial charge < -0.3 is 14.4 Å². The molecule has 0 aliphatic heterocycles. The van der Waals surface area contributed by atoms with E-state index in [-0.39, 0.29) is 0 Å². The number of aryl methyl sites for hydroxylation is 1. The van der Waals surface area contributed by atoms with Gasteiger partial charge in [-0.25, -0.2) is 5.43 Å². The van der Waals surface area contributed by atoms with Crippen molar-refractivity contribution in [3.8, 4) is 11.5 Å². The molecule has 0 atom stereocenters. The Morgan fingerprint density at radius 2 is 1.81 bits per heavy atom. The summed E-state index contributed by atoms with van der Waals surface area (Å²) < 4.78 is 10.5. The maximum absolute atomic E-state index is 5.30. The zero-order valence-electron chi connectivity index (χ0n) is 10.2. The second kappa shape index (κ2) is 5.58. The highest BCUT2D eigenvalue weighted by molar-refractivity contribution is 5.61. The summed E-state index contributed by atoms with van der Waals surface area (Å²) in [6.07, 6.45) is 0. The van der Waals surface area contributed by atoms with Gasteiger partial charge in [0, 0.05) is 18.8 Å². The van der Waals surface area contributed by atoms with Crippen LogP contribution >= 0.6 is 0 Å². The lowest BCUT2D eigenvalue weighted by molar-refractivity contribution is 0.354. The van der Waals surface area contributed by atoms with E-state index in [0.717, 1.165) is 17.0 Å². The van der Waals surface area contributed by atoms with Crippen molar-refractivity contribution in [1.29, 1.82) is 0 Å². The molecule has 0 spiro atoms. The van der Waals surface area contributed by atoms with E-state index >= 15 is 0 Å². The zero-order valence-corrected chi connectivity index (χ0v) is 10.2. The van der Waals surface area contributed by atoms with Crippen molar-refractivity contribution in [1.82, 2.24) is 5.43 Å². The van der Waals surface area contributed by atoms with Gasteiger partial charge in [0.2, 0.25) is 0 Å². The number of anilines is 1. The molecule has 0 heterocycles. The first-order chi connectivity index (χ1) is 7.63. The second-order valence-electron chi connectivity index (χ2n) is 3.55. The Bertz CT molecular complexity index is 355. The molecular weight excluding hydrogens is 206 g/mol. The van der Waals surface area contributed by atoms with Gasteiger partial charge in [0.25, 0.3) is 0 Å². The molecule has 1 rings (SSSR count). The second-order valence-corrected chi connectivity index (χ2v) is 3.55. The number of nitrogens with zero attached hydrogens (tertiary/aromatic N) is 1. The number of rotatable bonds is 5. The summed E-state index contributed by atoms with van der Waals surface area (Å²) in [7, 11) is 5.20. The summed E-state index contributed by atoms with van der Waals surface area (Å²) >= 11 is 0. The van der Waals surface area contributed by atoms with Crippen LogP contribution in [0.25, 0.3) is 0 Å². The predicted octanol–water partition coefficient (Wildman–Crippen LogP) is 0.869. The number of hydrogen-bond acceptors (Lipinski definition) is 5. The van der Waals surface area contributed by atoms with E-state index in [2.05, 4.69) is 5.43 Å². The van der Waals surface area contributed by atoms with Gasteiger partial charge in [-0.1, -0.05) is 0 Å². The predicted molar refractivity (Wildman–Crippen MR) is 64.9 cm³/mol. The van der Waals surface area contributed by atoms with Crippen molar-refractivity contribution >= 4 is 5.69 Å². The topological polar surface area (TPSA) is 59.8 Å². The van der Waals surface area contributed by atoms with E-state index in [9.17, 15) is 0 Å². The van der Waals surface area contributed by atoms with Crippen LogP contribution < -0.4 is 25.6 Å². The van der Waals surface area contributed by atoms with E-state index in [1.165, 1.54) is 0 Å². The minimum Gasteiger partial charge on any atom is -0.493 e. The van der Waals surface area contributed by atoms with E-state index in [4.69, 9.17) is 15.3 Å². The maximum atomic E-state index is 5.30. The average Bonchev–Trinajstić information content (AvgIpc) is 2.28. The number of nitrogens with two attached hydrogens (primary N) is 1. The van der Waals surface area contributed by atoms with Gasteiger partial charge in [0.05, 0.1) is 20.9 Å². The van der Waals surface area contributed by atoms with Crippen LogP contribution in [-0.2, 0) is 0 Å². The fourth-order valence-electron chi connectivity index (χ4n) is 1.60. The Balaban J connectivity index is 3.10. The highest BCUT2D eigenvalue weighted by Crippen LogP contribution is 2.34. The van der Waals surface area contributed by atoms with Crippen LogP contribution in [0.2, 0.25) is 0 Å². The van der Waals surface area contributed by atoms with Crippen molar-refractivity contribution in [3.05, 3.63) is 17.7 Å². The lowest BCUT2D eigenvalue weighted by atomic mass is 10.1. The quantitative estimate of drug-likeness (QED) is 0.442. The van der Waals surface area contributed by atoms with E-state index < -0.39 is 0 Å². The maximum Gasteiger partial charge on any atom is 0.162 e. The molecule has 0 saturated carbocycles. The van der Waals surface area contributed by atoms with Crippen LogP contribution in [0, 0.1) is 6.92 Å². The summed E-state index contributed by atoms with van der Waals surface area (Å²) in [5.41, 5.74) is 4.77. The third-order valence-corrected chi connectivity index (χ3v) is 2.44. The SMILES string of the molecule is COc1cc(C)c(N(C)CNN)cc1OC. The van der Waals surface area contributed by atoms with Gasteiger partial charge in [-0.05, 0) is 18.6 Å². The van der Waals surface area contributed by atoms with E-state index in [0.29, 0.717) is 12.4 Å². The van der Waals surface area contributed by atoms with E-state index in [1.54, 1.807) is 14.2 Å². The highest BCUT2D eigenvalue weighted by Gasteiger charge is 2.10. The van der Waals surface area contributed by atoms with Gasteiger partial charge in [-0.3, -0.25) is 5.84 Å². The Morgan fingerprint density at radius 1 is 1.25 bits per heavy atom. The zero-order chi connectivity index (χ0) is 12.1. The van der Waals surface area contributed by atoms with Gasteiger partial charge >= 0.3 is 0 Å². The molecule has 0 fully saturated rings. The van der Waals surface area contributed by atoms with Crippen molar-refractivity contribution in [2.24, 2.45) is 5.84 Å². The van der Waals surface area contributed by atoms with Gasteiger partial charge in [-0.2, -0.15) is 0 Å². The molecule has 90 valence electrons. The van der Waals surface area contributed by atoms with E-state index in [1.807, 2.05) is 31.0 Å². The summed E-state index contributed by atoms with van der Waals surface area (Å²) in [6, 6.07) is 3.88. The standard InChI is InChI=1S/C11H19N3O2/c1-8-5-10(15-3)11(16-4)6-9(8)14(2)7-13-12/h5-6,13H,7,12H2,1-4H3.